The summed E-state index contributed by atoms with van der Waals surface area (Å²) in [5.41, 5.74) is 23.6. The number of nitrogens with zero attached hydrogens (tertiary/aromatic N) is 2. The average molecular weight is 807 g/mol. The zero-order valence-corrected chi connectivity index (χ0v) is 37.8. The summed E-state index contributed by atoms with van der Waals surface area (Å²) >= 11 is 0. The Morgan fingerprint density at radius 3 is 1.13 bits per heavy atom. The lowest BCUT2D eigenvalue weighted by atomic mass is 9.75. The average Bonchev–Trinajstić information content (AvgIpc) is 3.48. The summed E-state index contributed by atoms with van der Waals surface area (Å²) in [5.74, 6) is 0. The van der Waals surface area contributed by atoms with Crippen LogP contribution in [0.15, 0.2) is 176 Å². The molecule has 1 aliphatic rings. The van der Waals surface area contributed by atoms with Gasteiger partial charge in [-0.15, -0.1) is 0 Å². The Labute approximate surface area is 370 Å². The molecule has 62 heavy (non-hydrogen) atoms. The van der Waals surface area contributed by atoms with Crippen LogP contribution in [0.3, 0.4) is 0 Å². The highest BCUT2D eigenvalue weighted by atomic mass is 15.2. The second kappa shape index (κ2) is 16.0. The molecule has 1 atom stereocenters. The van der Waals surface area contributed by atoms with Crippen molar-refractivity contribution in [3.8, 4) is 22.3 Å². The first-order valence-electron chi connectivity index (χ1n) is 22.1. The minimum Gasteiger partial charge on any atom is -0.310 e. The van der Waals surface area contributed by atoms with Crippen LogP contribution in [0, 0.1) is 41.5 Å². The first kappa shape index (κ1) is 40.7. The molecule has 0 amide bonds. The monoisotopic (exact) mass is 806 g/mol. The molecule has 308 valence electrons. The normalized spacial score (nSPS) is 15.3. The lowest BCUT2D eigenvalue weighted by Crippen LogP contribution is -2.24. The van der Waals surface area contributed by atoms with Crippen molar-refractivity contribution in [3.05, 3.63) is 226 Å². The van der Waals surface area contributed by atoms with E-state index in [1.54, 1.807) is 0 Å². The molecule has 8 aromatic rings. The van der Waals surface area contributed by atoms with E-state index in [1.807, 2.05) is 0 Å². The lowest BCUT2D eigenvalue weighted by Gasteiger charge is -2.32. The van der Waals surface area contributed by atoms with Crippen molar-refractivity contribution in [3.63, 3.8) is 0 Å². The molecule has 0 saturated heterocycles. The van der Waals surface area contributed by atoms with E-state index in [-0.39, 0.29) is 10.8 Å². The maximum Gasteiger partial charge on any atom is 0.0520 e. The van der Waals surface area contributed by atoms with Crippen molar-refractivity contribution in [2.24, 2.45) is 0 Å². The fourth-order valence-electron chi connectivity index (χ4n) is 10.8. The fourth-order valence-corrected chi connectivity index (χ4v) is 10.8. The van der Waals surface area contributed by atoms with Crippen molar-refractivity contribution in [2.75, 3.05) is 9.80 Å². The Hall–Kier alpha value is -6.64. The number of hydrogen-bond acceptors (Lipinski definition) is 2. The summed E-state index contributed by atoms with van der Waals surface area (Å²) in [7, 11) is 0. The zero-order valence-electron chi connectivity index (χ0n) is 37.8. The highest BCUT2D eigenvalue weighted by Gasteiger charge is 2.46. The predicted molar refractivity (Wildman–Crippen MR) is 266 cm³/mol. The van der Waals surface area contributed by atoms with Crippen molar-refractivity contribution in [1.29, 1.82) is 0 Å². The molecular formula is C60H58N2. The van der Waals surface area contributed by atoms with E-state index < -0.39 is 0 Å². The Morgan fingerprint density at radius 2 is 0.710 bits per heavy atom. The second-order valence-corrected chi connectivity index (χ2v) is 18.7. The molecule has 0 bridgehead atoms. The minimum absolute atomic E-state index is 0.00178. The topological polar surface area (TPSA) is 6.48 Å². The van der Waals surface area contributed by atoms with Crippen molar-refractivity contribution in [1.82, 2.24) is 0 Å². The Balaban J connectivity index is 1.14. The van der Waals surface area contributed by atoms with Gasteiger partial charge in [-0.25, -0.2) is 0 Å². The third-order valence-electron chi connectivity index (χ3n) is 13.3. The molecule has 0 N–H and O–H groups in total. The Bertz CT molecular complexity index is 2840. The molecule has 9 rings (SSSR count). The van der Waals surface area contributed by atoms with Gasteiger partial charge in [-0.05, 0) is 163 Å². The summed E-state index contributed by atoms with van der Waals surface area (Å²) < 4.78 is 0. The van der Waals surface area contributed by atoms with E-state index in [4.69, 9.17) is 0 Å². The van der Waals surface area contributed by atoms with Crippen molar-refractivity contribution >= 4 is 34.1 Å². The second-order valence-electron chi connectivity index (χ2n) is 18.7. The fraction of sp³-hybridized carbons (Fsp3) is 0.200. The van der Waals surface area contributed by atoms with Crippen LogP contribution in [0.1, 0.15) is 77.3 Å². The van der Waals surface area contributed by atoms with Crippen LogP contribution in [0.5, 0.6) is 0 Å². The number of fused-ring (bicyclic) bond motifs is 1. The molecule has 0 radical (unpaired) electrons. The largest absolute Gasteiger partial charge is 0.310 e. The molecule has 0 spiro atoms. The SMILES string of the molecule is Cc1cc(C)c(N(c2ccc(-c3ccccc3)cc2)c2ccc(C3(C)CC(C)(C)c4ccc(N(c5ccc(-c6ccccc6)cc5)c5c(C)cc(C)cc5C)cc43)cc2)c(C)c1. The first-order chi connectivity index (χ1) is 29.8. The number of rotatable bonds is 9. The van der Waals surface area contributed by atoms with Crippen LogP contribution in [0.4, 0.5) is 34.1 Å². The van der Waals surface area contributed by atoms with Crippen LogP contribution < -0.4 is 9.80 Å². The van der Waals surface area contributed by atoms with Crippen LogP contribution in [0.25, 0.3) is 22.3 Å². The first-order valence-corrected chi connectivity index (χ1v) is 22.1. The molecule has 0 heterocycles. The maximum atomic E-state index is 2.50. The van der Waals surface area contributed by atoms with Crippen molar-refractivity contribution in [2.45, 2.75) is 79.6 Å². The summed E-state index contributed by atoms with van der Waals surface area (Å²) in [5, 5.41) is 0. The molecular weight excluding hydrogens is 749 g/mol. The van der Waals surface area contributed by atoms with E-state index in [0.717, 1.165) is 23.5 Å². The Morgan fingerprint density at radius 1 is 0.355 bits per heavy atom. The third kappa shape index (κ3) is 7.43. The van der Waals surface area contributed by atoms with E-state index in [1.165, 1.54) is 89.4 Å². The van der Waals surface area contributed by atoms with E-state index in [2.05, 4.69) is 248 Å². The predicted octanol–water partition coefficient (Wildman–Crippen LogP) is 16.8. The number of anilines is 6. The number of aryl methyl sites for hydroxylation is 6. The zero-order chi connectivity index (χ0) is 43.3. The lowest BCUT2D eigenvalue weighted by molar-refractivity contribution is 0.425. The molecule has 0 aliphatic heterocycles. The van der Waals surface area contributed by atoms with Crippen LogP contribution in [-0.4, -0.2) is 0 Å². The number of benzene rings is 8. The van der Waals surface area contributed by atoms with Gasteiger partial charge in [0.15, 0.2) is 0 Å². The van der Waals surface area contributed by atoms with Gasteiger partial charge in [0.05, 0.1) is 11.4 Å². The number of hydrogen-bond donors (Lipinski definition) is 0. The molecule has 2 nitrogen and oxygen atoms in total. The third-order valence-corrected chi connectivity index (χ3v) is 13.3. The van der Waals surface area contributed by atoms with E-state index in [0.29, 0.717) is 0 Å². The van der Waals surface area contributed by atoms with Gasteiger partial charge in [0.2, 0.25) is 0 Å². The van der Waals surface area contributed by atoms with Crippen molar-refractivity contribution < 1.29 is 0 Å². The van der Waals surface area contributed by atoms with E-state index in [9.17, 15) is 0 Å². The molecule has 0 saturated carbocycles. The molecule has 8 aromatic carbocycles. The van der Waals surface area contributed by atoms with Gasteiger partial charge in [-0.1, -0.05) is 159 Å². The smallest absolute Gasteiger partial charge is 0.0520 e. The highest BCUT2D eigenvalue weighted by Crippen LogP contribution is 2.55. The minimum atomic E-state index is -0.203. The maximum absolute atomic E-state index is 2.50. The highest BCUT2D eigenvalue weighted by molar-refractivity contribution is 5.84. The van der Waals surface area contributed by atoms with Gasteiger partial charge in [0.1, 0.15) is 0 Å². The van der Waals surface area contributed by atoms with Gasteiger partial charge in [-0.2, -0.15) is 0 Å². The standard InChI is InChI=1S/C60H58N2/c1-40-34-42(3)57(43(4)35-40)61(51-26-20-48(21-27-51)46-16-12-10-13-17-46)53-30-24-50(25-31-53)60(9)39-59(7,8)55-33-32-54(38-56(55)60)62(58-44(5)36-41(2)37-45(58)6)52-28-22-49(23-29-52)47-18-14-11-15-19-47/h10-38H,39H2,1-9H3. The summed E-state index contributed by atoms with van der Waals surface area (Å²) in [6, 6.07) is 65.4. The molecule has 0 fully saturated rings. The van der Waals surface area contributed by atoms with Gasteiger partial charge < -0.3 is 9.80 Å². The summed E-state index contributed by atoms with van der Waals surface area (Å²) in [6.07, 6.45) is 1.02. The quantitative estimate of drug-likeness (QED) is 0.143. The Kier molecular flexibility index (Phi) is 10.5. The van der Waals surface area contributed by atoms with Gasteiger partial charge in [0.25, 0.3) is 0 Å². The summed E-state index contributed by atoms with van der Waals surface area (Å²) in [6.45, 7) is 20.7. The van der Waals surface area contributed by atoms with Crippen LogP contribution in [-0.2, 0) is 10.8 Å². The molecule has 2 heteroatoms. The molecule has 0 aromatic heterocycles. The molecule has 1 aliphatic carbocycles. The van der Waals surface area contributed by atoms with Gasteiger partial charge in [-0.3, -0.25) is 0 Å². The van der Waals surface area contributed by atoms with Gasteiger partial charge >= 0.3 is 0 Å². The van der Waals surface area contributed by atoms with E-state index >= 15 is 0 Å². The summed E-state index contributed by atoms with van der Waals surface area (Å²) in [4.78, 5) is 4.93. The van der Waals surface area contributed by atoms with Crippen LogP contribution in [0.2, 0.25) is 0 Å². The van der Waals surface area contributed by atoms with Crippen LogP contribution >= 0.6 is 0 Å². The van der Waals surface area contributed by atoms with Gasteiger partial charge in [0, 0.05) is 28.2 Å². The molecule has 1 unspecified atom stereocenters.